The number of likely N-dealkylation sites (tertiary alicyclic amines) is 1. The summed E-state index contributed by atoms with van der Waals surface area (Å²) >= 11 is 0. The van der Waals surface area contributed by atoms with Gasteiger partial charge in [0.05, 0.1) is 6.04 Å². The van der Waals surface area contributed by atoms with Crippen molar-refractivity contribution in [2.75, 3.05) is 19.6 Å². The number of carbonyl (C=O) groups is 1. The highest BCUT2D eigenvalue weighted by Crippen LogP contribution is 2.32. The zero-order chi connectivity index (χ0) is 16.1. The molecule has 1 atom stereocenters. The molecule has 2 aliphatic rings. The largest absolute Gasteiger partial charge is 0.336 e. The van der Waals surface area contributed by atoms with Crippen molar-refractivity contribution in [2.24, 2.45) is 5.92 Å². The van der Waals surface area contributed by atoms with Crippen molar-refractivity contribution in [1.29, 1.82) is 0 Å². The van der Waals surface area contributed by atoms with Crippen LogP contribution in [0.3, 0.4) is 0 Å². The lowest BCUT2D eigenvalue weighted by atomic mass is 9.91. The van der Waals surface area contributed by atoms with Crippen molar-refractivity contribution in [3.63, 3.8) is 0 Å². The van der Waals surface area contributed by atoms with E-state index < -0.39 is 0 Å². The average molecular weight is 318 g/mol. The average Bonchev–Trinajstić information content (AvgIpc) is 2.61. The first-order valence-electron chi connectivity index (χ1n) is 8.99. The van der Waals surface area contributed by atoms with Crippen molar-refractivity contribution < 1.29 is 9.18 Å². The molecule has 23 heavy (non-hydrogen) atoms. The van der Waals surface area contributed by atoms with Gasteiger partial charge in [0.25, 0.3) is 0 Å². The molecule has 2 saturated heterocycles. The normalized spacial score (nSPS) is 23.0. The SMILES string of the molecule is O=C(CCC1CCNCC1)N1CCCCC1c1ccc(F)cc1. The number of carbonyl (C=O) groups excluding carboxylic acids is 1. The molecule has 2 heterocycles. The number of nitrogens with zero attached hydrogens (tertiary/aromatic N) is 1. The van der Waals surface area contributed by atoms with Gasteiger partial charge in [-0.15, -0.1) is 0 Å². The number of hydrogen-bond acceptors (Lipinski definition) is 2. The minimum atomic E-state index is -0.214. The van der Waals surface area contributed by atoms with Gasteiger partial charge in [0.2, 0.25) is 5.91 Å². The predicted molar refractivity (Wildman–Crippen MR) is 89.5 cm³/mol. The van der Waals surface area contributed by atoms with E-state index in [1.54, 1.807) is 0 Å². The van der Waals surface area contributed by atoms with Gasteiger partial charge in [-0.25, -0.2) is 4.39 Å². The van der Waals surface area contributed by atoms with Gasteiger partial charge >= 0.3 is 0 Å². The van der Waals surface area contributed by atoms with E-state index in [9.17, 15) is 9.18 Å². The fourth-order valence-corrected chi connectivity index (χ4v) is 3.90. The smallest absolute Gasteiger partial charge is 0.223 e. The van der Waals surface area contributed by atoms with Crippen molar-refractivity contribution in [2.45, 2.75) is 51.0 Å². The molecule has 2 fully saturated rings. The van der Waals surface area contributed by atoms with Crippen molar-refractivity contribution in [1.82, 2.24) is 10.2 Å². The highest BCUT2D eigenvalue weighted by atomic mass is 19.1. The summed E-state index contributed by atoms with van der Waals surface area (Å²) in [4.78, 5) is 14.8. The number of piperidine rings is 2. The topological polar surface area (TPSA) is 32.3 Å². The molecule has 1 aromatic carbocycles. The van der Waals surface area contributed by atoms with Gasteiger partial charge in [-0.05, 0) is 75.2 Å². The van der Waals surface area contributed by atoms with Gasteiger partial charge in [-0.1, -0.05) is 12.1 Å². The standard InChI is InChI=1S/C19H27FN2O/c20-17-7-5-16(6-8-17)18-3-1-2-14-22(18)19(23)9-4-15-10-12-21-13-11-15/h5-8,15,18,21H,1-4,9-14H2. The Morgan fingerprint density at radius 2 is 1.87 bits per heavy atom. The first-order chi connectivity index (χ1) is 11.2. The number of amides is 1. The van der Waals surface area contributed by atoms with E-state index in [-0.39, 0.29) is 17.8 Å². The Labute approximate surface area is 138 Å². The quantitative estimate of drug-likeness (QED) is 0.919. The van der Waals surface area contributed by atoms with Gasteiger partial charge in [0.1, 0.15) is 5.82 Å². The number of nitrogens with one attached hydrogen (secondary N) is 1. The maximum atomic E-state index is 13.2. The molecule has 1 unspecified atom stereocenters. The molecular formula is C19H27FN2O. The van der Waals surface area contributed by atoms with Crippen LogP contribution in [0.4, 0.5) is 4.39 Å². The van der Waals surface area contributed by atoms with Crippen molar-refractivity contribution in [3.8, 4) is 0 Å². The van der Waals surface area contributed by atoms with Crippen LogP contribution < -0.4 is 5.32 Å². The van der Waals surface area contributed by atoms with E-state index in [4.69, 9.17) is 0 Å². The summed E-state index contributed by atoms with van der Waals surface area (Å²) in [6.07, 6.45) is 7.25. The second kappa shape index (κ2) is 7.91. The maximum Gasteiger partial charge on any atom is 0.223 e. The fourth-order valence-electron chi connectivity index (χ4n) is 3.90. The van der Waals surface area contributed by atoms with E-state index in [1.165, 1.54) is 25.0 Å². The summed E-state index contributed by atoms with van der Waals surface area (Å²) in [5.41, 5.74) is 1.07. The summed E-state index contributed by atoms with van der Waals surface area (Å²) in [5, 5.41) is 3.37. The molecule has 1 N–H and O–H groups in total. The van der Waals surface area contributed by atoms with Crippen LogP contribution in [-0.4, -0.2) is 30.4 Å². The number of halogens is 1. The monoisotopic (exact) mass is 318 g/mol. The van der Waals surface area contributed by atoms with Crippen LogP contribution in [0.1, 0.15) is 56.6 Å². The van der Waals surface area contributed by atoms with E-state index in [0.717, 1.165) is 50.9 Å². The molecule has 126 valence electrons. The van der Waals surface area contributed by atoms with Crippen LogP contribution in [0.25, 0.3) is 0 Å². The van der Waals surface area contributed by atoms with Crippen molar-refractivity contribution in [3.05, 3.63) is 35.6 Å². The molecule has 0 bridgehead atoms. The van der Waals surface area contributed by atoms with Crippen LogP contribution in [0.5, 0.6) is 0 Å². The molecule has 0 aromatic heterocycles. The molecular weight excluding hydrogens is 291 g/mol. The minimum Gasteiger partial charge on any atom is -0.336 e. The maximum absolute atomic E-state index is 13.2. The predicted octanol–water partition coefficient (Wildman–Crippen LogP) is 3.66. The third kappa shape index (κ3) is 4.31. The third-order valence-corrected chi connectivity index (χ3v) is 5.30. The van der Waals surface area contributed by atoms with Crippen LogP contribution in [0.15, 0.2) is 24.3 Å². The molecule has 1 aromatic rings. The van der Waals surface area contributed by atoms with Gasteiger partial charge in [0, 0.05) is 13.0 Å². The Balaban J connectivity index is 1.60. The molecule has 0 aliphatic carbocycles. The van der Waals surface area contributed by atoms with Gasteiger partial charge in [0.15, 0.2) is 0 Å². The molecule has 0 radical (unpaired) electrons. The summed E-state index contributed by atoms with van der Waals surface area (Å²) < 4.78 is 13.2. The van der Waals surface area contributed by atoms with Gasteiger partial charge in [-0.3, -0.25) is 4.79 Å². The van der Waals surface area contributed by atoms with Crippen LogP contribution in [-0.2, 0) is 4.79 Å². The summed E-state index contributed by atoms with van der Waals surface area (Å²) in [6.45, 7) is 3.01. The molecule has 1 amide bonds. The second-order valence-corrected chi connectivity index (χ2v) is 6.88. The van der Waals surface area contributed by atoms with Crippen LogP contribution in [0, 0.1) is 11.7 Å². The highest BCUT2D eigenvalue weighted by Gasteiger charge is 2.28. The molecule has 0 saturated carbocycles. The first-order valence-corrected chi connectivity index (χ1v) is 8.99. The lowest BCUT2D eigenvalue weighted by Crippen LogP contribution is -2.38. The van der Waals surface area contributed by atoms with Gasteiger partial charge < -0.3 is 10.2 Å². The second-order valence-electron chi connectivity index (χ2n) is 6.88. The van der Waals surface area contributed by atoms with Crippen LogP contribution >= 0.6 is 0 Å². The molecule has 3 nitrogen and oxygen atoms in total. The minimum absolute atomic E-state index is 0.130. The fraction of sp³-hybridized carbons (Fsp3) is 0.632. The zero-order valence-electron chi connectivity index (χ0n) is 13.8. The number of rotatable bonds is 4. The molecule has 0 spiro atoms. The van der Waals surface area contributed by atoms with E-state index in [2.05, 4.69) is 5.32 Å². The molecule has 3 rings (SSSR count). The van der Waals surface area contributed by atoms with Crippen LogP contribution in [0.2, 0.25) is 0 Å². The van der Waals surface area contributed by atoms with E-state index in [1.807, 2.05) is 17.0 Å². The Hall–Kier alpha value is -1.42. The Bertz CT molecular complexity index is 511. The highest BCUT2D eigenvalue weighted by molar-refractivity contribution is 5.76. The summed E-state index contributed by atoms with van der Waals surface area (Å²) in [7, 11) is 0. The third-order valence-electron chi connectivity index (χ3n) is 5.30. The Morgan fingerprint density at radius 3 is 2.61 bits per heavy atom. The van der Waals surface area contributed by atoms with E-state index in [0.29, 0.717) is 12.3 Å². The number of hydrogen-bond donors (Lipinski definition) is 1. The number of benzene rings is 1. The first kappa shape index (κ1) is 16.4. The van der Waals surface area contributed by atoms with Crippen molar-refractivity contribution >= 4 is 5.91 Å². The van der Waals surface area contributed by atoms with Gasteiger partial charge in [-0.2, -0.15) is 0 Å². The molecule has 4 heteroatoms. The zero-order valence-corrected chi connectivity index (χ0v) is 13.8. The Kier molecular flexibility index (Phi) is 5.65. The summed E-state index contributed by atoms with van der Waals surface area (Å²) in [5.74, 6) is 0.750. The lowest BCUT2D eigenvalue weighted by molar-refractivity contribution is -0.135. The lowest BCUT2D eigenvalue weighted by Gasteiger charge is -2.36. The Morgan fingerprint density at radius 1 is 1.13 bits per heavy atom. The van der Waals surface area contributed by atoms with E-state index >= 15 is 0 Å². The molecule has 2 aliphatic heterocycles. The summed E-state index contributed by atoms with van der Waals surface area (Å²) in [6, 6.07) is 6.80.